The summed E-state index contributed by atoms with van der Waals surface area (Å²) >= 11 is 0. The first kappa shape index (κ1) is 9.37. The average molecular weight is 141 g/mol. The number of aliphatic hydroxyl groups is 1. The topological polar surface area (TPSA) is 37.3 Å². The molecule has 0 heterocycles. The number of allylic oxidation sites excluding steroid dienone is 1. The standard InChI is InChI=1S/C8H13O2/c1-2-3-4-5-8(10)6-7-9/h3-4,8,10H,2,5-6H2,1H3/b4-3-. The van der Waals surface area contributed by atoms with Gasteiger partial charge in [-0.25, -0.2) is 0 Å². The Morgan fingerprint density at radius 3 is 2.80 bits per heavy atom. The summed E-state index contributed by atoms with van der Waals surface area (Å²) in [4.78, 5) is 9.74. The molecule has 0 aliphatic rings. The highest BCUT2D eigenvalue weighted by Gasteiger charge is 1.98. The average Bonchev–Trinajstić information content (AvgIpc) is 1.89. The molecule has 0 aliphatic heterocycles. The molecule has 1 radical (unpaired) electrons. The minimum Gasteiger partial charge on any atom is -0.392 e. The zero-order valence-corrected chi connectivity index (χ0v) is 6.21. The van der Waals surface area contributed by atoms with E-state index < -0.39 is 6.10 Å². The van der Waals surface area contributed by atoms with Crippen LogP contribution >= 0.6 is 0 Å². The lowest BCUT2D eigenvalue weighted by atomic mass is 10.2. The van der Waals surface area contributed by atoms with Gasteiger partial charge in [-0.1, -0.05) is 19.1 Å². The molecule has 2 heteroatoms. The van der Waals surface area contributed by atoms with Crippen LogP contribution in [0.4, 0.5) is 0 Å². The SMILES string of the molecule is CC/C=C\CC(O)C[C]=O. The van der Waals surface area contributed by atoms with Crippen LogP contribution < -0.4 is 0 Å². The van der Waals surface area contributed by atoms with Gasteiger partial charge in [0.15, 0.2) is 0 Å². The molecule has 0 bridgehead atoms. The fourth-order valence-electron chi connectivity index (χ4n) is 0.600. The highest BCUT2D eigenvalue weighted by Crippen LogP contribution is 1.96. The Morgan fingerprint density at radius 1 is 1.60 bits per heavy atom. The summed E-state index contributed by atoms with van der Waals surface area (Å²) in [7, 11) is 0. The van der Waals surface area contributed by atoms with E-state index >= 15 is 0 Å². The summed E-state index contributed by atoms with van der Waals surface area (Å²) in [5.41, 5.74) is 0. The molecule has 0 saturated carbocycles. The van der Waals surface area contributed by atoms with Crippen molar-refractivity contribution >= 4 is 6.29 Å². The van der Waals surface area contributed by atoms with Crippen LogP contribution in [0.5, 0.6) is 0 Å². The quantitative estimate of drug-likeness (QED) is 0.584. The smallest absolute Gasteiger partial charge is 0.201 e. The van der Waals surface area contributed by atoms with Crippen molar-refractivity contribution in [2.75, 3.05) is 0 Å². The maximum Gasteiger partial charge on any atom is 0.201 e. The van der Waals surface area contributed by atoms with Crippen molar-refractivity contribution in [2.24, 2.45) is 0 Å². The van der Waals surface area contributed by atoms with Crippen LogP contribution in [0.3, 0.4) is 0 Å². The van der Waals surface area contributed by atoms with E-state index in [1.54, 1.807) is 6.29 Å². The zero-order valence-electron chi connectivity index (χ0n) is 6.21. The molecular formula is C8H13O2. The van der Waals surface area contributed by atoms with Crippen molar-refractivity contribution in [3.8, 4) is 0 Å². The highest BCUT2D eigenvalue weighted by molar-refractivity contribution is 5.51. The summed E-state index contributed by atoms with van der Waals surface area (Å²) < 4.78 is 0. The van der Waals surface area contributed by atoms with Crippen molar-refractivity contribution in [3.63, 3.8) is 0 Å². The lowest BCUT2D eigenvalue weighted by molar-refractivity contribution is 0.185. The van der Waals surface area contributed by atoms with Gasteiger partial charge in [0.05, 0.1) is 6.10 Å². The first-order valence-corrected chi connectivity index (χ1v) is 3.49. The largest absolute Gasteiger partial charge is 0.392 e. The first-order valence-electron chi connectivity index (χ1n) is 3.49. The second kappa shape index (κ2) is 6.49. The van der Waals surface area contributed by atoms with Crippen molar-refractivity contribution in [2.45, 2.75) is 32.3 Å². The predicted molar refractivity (Wildman–Crippen MR) is 40.4 cm³/mol. The van der Waals surface area contributed by atoms with E-state index in [0.29, 0.717) is 6.42 Å². The molecule has 0 aromatic heterocycles. The Balaban J connectivity index is 3.28. The maximum atomic E-state index is 9.74. The van der Waals surface area contributed by atoms with E-state index in [2.05, 4.69) is 0 Å². The number of hydrogen-bond acceptors (Lipinski definition) is 2. The molecule has 1 unspecified atom stereocenters. The Labute approximate surface area is 61.6 Å². The molecule has 0 rings (SSSR count). The number of rotatable bonds is 5. The highest BCUT2D eigenvalue weighted by atomic mass is 16.3. The van der Waals surface area contributed by atoms with E-state index in [1.165, 1.54) is 0 Å². The molecule has 0 saturated heterocycles. The summed E-state index contributed by atoms with van der Waals surface area (Å²) in [6.07, 6.45) is 6.61. The Hall–Kier alpha value is -0.630. The number of carbonyl (C=O) groups excluding carboxylic acids is 1. The van der Waals surface area contributed by atoms with Crippen LogP contribution in [-0.4, -0.2) is 17.5 Å². The summed E-state index contributed by atoms with van der Waals surface area (Å²) in [5.74, 6) is 0. The molecule has 0 aromatic rings. The molecule has 1 atom stereocenters. The molecule has 10 heavy (non-hydrogen) atoms. The van der Waals surface area contributed by atoms with Gasteiger partial charge < -0.3 is 5.11 Å². The second-order valence-corrected chi connectivity index (χ2v) is 2.12. The minimum atomic E-state index is -0.541. The molecule has 0 aromatic carbocycles. The zero-order chi connectivity index (χ0) is 7.82. The fourth-order valence-corrected chi connectivity index (χ4v) is 0.600. The van der Waals surface area contributed by atoms with Crippen molar-refractivity contribution in [1.82, 2.24) is 0 Å². The number of hydrogen-bond donors (Lipinski definition) is 1. The molecule has 0 fully saturated rings. The van der Waals surface area contributed by atoms with E-state index in [0.717, 1.165) is 6.42 Å². The Kier molecular flexibility index (Phi) is 6.08. The second-order valence-electron chi connectivity index (χ2n) is 2.12. The van der Waals surface area contributed by atoms with E-state index in [4.69, 9.17) is 5.11 Å². The van der Waals surface area contributed by atoms with Crippen LogP contribution in [0.2, 0.25) is 0 Å². The molecule has 2 nitrogen and oxygen atoms in total. The van der Waals surface area contributed by atoms with Crippen LogP contribution in [0.15, 0.2) is 12.2 Å². The van der Waals surface area contributed by atoms with Crippen LogP contribution in [0, 0.1) is 0 Å². The summed E-state index contributed by atoms with van der Waals surface area (Å²) in [6, 6.07) is 0. The van der Waals surface area contributed by atoms with Crippen LogP contribution in [0.1, 0.15) is 26.2 Å². The third kappa shape index (κ3) is 5.51. The van der Waals surface area contributed by atoms with Gasteiger partial charge in [-0.2, -0.15) is 0 Å². The van der Waals surface area contributed by atoms with E-state index in [1.807, 2.05) is 19.1 Å². The fraction of sp³-hybridized carbons (Fsp3) is 0.625. The molecular weight excluding hydrogens is 128 g/mol. The monoisotopic (exact) mass is 141 g/mol. The molecule has 0 aliphatic carbocycles. The molecule has 0 spiro atoms. The molecule has 57 valence electrons. The Morgan fingerprint density at radius 2 is 2.30 bits per heavy atom. The van der Waals surface area contributed by atoms with Gasteiger partial charge >= 0.3 is 0 Å². The van der Waals surface area contributed by atoms with Gasteiger partial charge in [-0.15, -0.1) is 0 Å². The normalized spacial score (nSPS) is 13.8. The minimum absolute atomic E-state index is 0.119. The van der Waals surface area contributed by atoms with Gasteiger partial charge in [0.25, 0.3) is 0 Å². The Bertz CT molecular complexity index is 108. The third-order valence-electron chi connectivity index (χ3n) is 1.13. The van der Waals surface area contributed by atoms with Crippen molar-refractivity contribution in [3.05, 3.63) is 12.2 Å². The first-order chi connectivity index (χ1) is 4.81. The lowest BCUT2D eigenvalue weighted by Gasteiger charge is -1.99. The summed E-state index contributed by atoms with van der Waals surface area (Å²) in [5, 5.41) is 8.96. The van der Waals surface area contributed by atoms with Gasteiger partial charge in [-0.3, -0.25) is 4.79 Å². The van der Waals surface area contributed by atoms with E-state index in [-0.39, 0.29) is 6.42 Å². The lowest BCUT2D eigenvalue weighted by Crippen LogP contribution is -2.04. The maximum absolute atomic E-state index is 9.74. The van der Waals surface area contributed by atoms with Crippen LogP contribution in [0.25, 0.3) is 0 Å². The predicted octanol–water partition coefficient (Wildman–Crippen LogP) is 1.20. The summed E-state index contributed by atoms with van der Waals surface area (Å²) in [6.45, 7) is 2.02. The van der Waals surface area contributed by atoms with Gasteiger partial charge in [0.2, 0.25) is 6.29 Å². The number of aliphatic hydroxyl groups excluding tert-OH is 1. The molecule has 0 amide bonds. The third-order valence-corrected chi connectivity index (χ3v) is 1.13. The molecule has 1 N–H and O–H groups in total. The van der Waals surface area contributed by atoms with Gasteiger partial charge in [0, 0.05) is 6.42 Å². The van der Waals surface area contributed by atoms with Gasteiger partial charge in [0.1, 0.15) is 0 Å². The van der Waals surface area contributed by atoms with E-state index in [9.17, 15) is 4.79 Å². The van der Waals surface area contributed by atoms with Crippen LogP contribution in [-0.2, 0) is 4.79 Å². The van der Waals surface area contributed by atoms with Crippen molar-refractivity contribution < 1.29 is 9.90 Å². The van der Waals surface area contributed by atoms with Crippen molar-refractivity contribution in [1.29, 1.82) is 0 Å². The van der Waals surface area contributed by atoms with Gasteiger partial charge in [-0.05, 0) is 12.8 Å².